The van der Waals surface area contributed by atoms with E-state index in [1.807, 2.05) is 6.08 Å². The van der Waals surface area contributed by atoms with Crippen molar-refractivity contribution < 1.29 is 50.8 Å². The second kappa shape index (κ2) is 33.0. The zero-order valence-corrected chi connectivity index (χ0v) is 22.3. The molecular formula is C24H48NNaO4. The normalized spacial score (nSPS) is 9.17. The van der Waals surface area contributed by atoms with Crippen LogP contribution in [0.1, 0.15) is 125 Å². The molecule has 0 aliphatic carbocycles. The van der Waals surface area contributed by atoms with Gasteiger partial charge in [-0.3, -0.25) is 10.2 Å². The monoisotopic (exact) mass is 437 g/mol. The van der Waals surface area contributed by atoms with Gasteiger partial charge < -0.3 is 11.6 Å². The molecule has 0 aromatic heterocycles. The molecule has 3 N–H and O–H groups in total. The maximum absolute atomic E-state index is 9.47. The summed E-state index contributed by atoms with van der Waals surface area (Å²) in [6.07, 6.45) is 23.7. The third-order valence-electron chi connectivity index (χ3n) is 4.39. The second-order valence-electron chi connectivity index (χ2n) is 7.35. The van der Waals surface area contributed by atoms with Crippen molar-refractivity contribution >= 4 is 17.7 Å². The van der Waals surface area contributed by atoms with E-state index in [9.17, 15) is 9.59 Å². The summed E-state index contributed by atoms with van der Waals surface area (Å²) in [4.78, 5) is 18.8. The average Bonchev–Trinajstić information content (AvgIpc) is 2.69. The van der Waals surface area contributed by atoms with Crippen molar-refractivity contribution in [2.75, 3.05) is 0 Å². The van der Waals surface area contributed by atoms with Gasteiger partial charge in [0, 0.05) is 6.42 Å². The maximum Gasteiger partial charge on any atom is 1.00 e. The van der Waals surface area contributed by atoms with Crippen LogP contribution >= 0.6 is 0 Å². The van der Waals surface area contributed by atoms with Crippen LogP contribution in [0.15, 0.2) is 12.7 Å². The van der Waals surface area contributed by atoms with Crippen LogP contribution in [0.3, 0.4) is 0 Å². The van der Waals surface area contributed by atoms with E-state index in [1.54, 1.807) is 6.92 Å². The molecular weight excluding hydrogens is 389 g/mol. The van der Waals surface area contributed by atoms with E-state index in [4.69, 9.17) is 15.6 Å². The van der Waals surface area contributed by atoms with Gasteiger partial charge in [-0.15, -0.1) is 6.58 Å². The zero-order chi connectivity index (χ0) is 22.8. The number of hydrogen-bond donors (Lipinski definition) is 3. The fourth-order valence-corrected chi connectivity index (χ4v) is 2.48. The number of allylic oxidation sites excluding steroid dienone is 1. The molecule has 0 spiro atoms. The summed E-state index contributed by atoms with van der Waals surface area (Å²) in [7, 11) is 0. The fraction of sp³-hybridized carbons (Fsp3) is 0.792. The van der Waals surface area contributed by atoms with Crippen LogP contribution in [-0.2, 0) is 9.59 Å². The molecule has 0 saturated heterocycles. The largest absolute Gasteiger partial charge is 1.00 e. The molecule has 0 radical (unpaired) electrons. The van der Waals surface area contributed by atoms with Gasteiger partial charge >= 0.3 is 41.5 Å². The Morgan fingerprint density at radius 2 is 1.07 bits per heavy atom. The maximum atomic E-state index is 9.47. The molecule has 0 aliphatic rings. The second-order valence-corrected chi connectivity index (χ2v) is 7.35. The van der Waals surface area contributed by atoms with E-state index in [0.29, 0.717) is 0 Å². The van der Waals surface area contributed by atoms with Gasteiger partial charge in [-0.2, -0.15) is 0 Å². The van der Waals surface area contributed by atoms with Gasteiger partial charge in [-0.25, -0.2) is 4.79 Å². The minimum Gasteiger partial charge on any atom is -1.00 e. The van der Waals surface area contributed by atoms with Crippen LogP contribution in [0.5, 0.6) is 0 Å². The Kier molecular flexibility index (Phi) is 40.4. The van der Waals surface area contributed by atoms with Crippen molar-refractivity contribution in [2.24, 2.45) is 0 Å². The van der Waals surface area contributed by atoms with E-state index in [0.717, 1.165) is 0 Å². The first-order valence-corrected chi connectivity index (χ1v) is 11.4. The van der Waals surface area contributed by atoms with Gasteiger partial charge in [0.2, 0.25) is 0 Å². The number of carbonyl (C=O) groups is 2. The summed E-state index contributed by atoms with van der Waals surface area (Å²) in [6, 6.07) is 0. The molecule has 6 heteroatoms. The van der Waals surface area contributed by atoms with Crippen LogP contribution in [-0.4, -0.2) is 27.9 Å². The van der Waals surface area contributed by atoms with E-state index < -0.39 is 11.9 Å². The molecule has 0 atom stereocenters. The fourth-order valence-electron chi connectivity index (χ4n) is 2.48. The quantitative estimate of drug-likeness (QED) is 0.132. The Hall–Kier alpha value is -0.650. The molecule has 0 rings (SSSR count). The first kappa shape index (κ1) is 36.7. The minimum atomic E-state index is -1.16. The molecule has 0 bridgehead atoms. The summed E-state index contributed by atoms with van der Waals surface area (Å²) < 4.78 is 0. The smallest absolute Gasteiger partial charge is 1.00 e. The van der Waals surface area contributed by atoms with Gasteiger partial charge in [0.1, 0.15) is 5.71 Å². The van der Waals surface area contributed by atoms with Crippen molar-refractivity contribution in [1.29, 1.82) is 5.41 Å². The Labute approximate surface area is 209 Å². The minimum absolute atomic E-state index is 0. The Bertz CT molecular complexity index is 395. The number of carboxylic acid groups (broad SMARTS) is 2. The molecule has 0 fully saturated rings. The van der Waals surface area contributed by atoms with Crippen molar-refractivity contribution in [2.45, 2.75) is 124 Å². The number of nitrogens with one attached hydrogen (secondary N) is 1. The summed E-state index contributed by atoms with van der Waals surface area (Å²) >= 11 is 0. The molecule has 0 amide bonds. The van der Waals surface area contributed by atoms with E-state index >= 15 is 0 Å². The first-order chi connectivity index (χ1) is 13.8. The predicted octanol–water partition coefficient (Wildman–Crippen LogP) is 4.75. The first-order valence-electron chi connectivity index (χ1n) is 11.4. The summed E-state index contributed by atoms with van der Waals surface area (Å²) in [5.74, 6) is -1.90. The standard InChI is InChI=1S/C18H36.C3H5NO2.C3H6O2.Na.H/c1-3-5-7-9-11-13-15-17-18-16-14-12-10-8-6-4-2;1-2(4)3(5)6;1-2-3(4)5;;/h3H,1,4-18H2,2H3;4H,1H3,(H,5,6);2H2,1H3,(H,4,5);;/q;;;+1;-1. The molecule has 0 aromatic rings. The molecule has 0 aliphatic heterocycles. The van der Waals surface area contributed by atoms with Gasteiger partial charge in [0.05, 0.1) is 0 Å². The Morgan fingerprint density at radius 1 is 0.800 bits per heavy atom. The van der Waals surface area contributed by atoms with Crippen molar-refractivity contribution in [3.05, 3.63) is 12.7 Å². The molecule has 0 saturated carbocycles. The Morgan fingerprint density at radius 3 is 1.27 bits per heavy atom. The van der Waals surface area contributed by atoms with Crippen LogP contribution < -0.4 is 29.6 Å². The van der Waals surface area contributed by atoms with Gasteiger partial charge in [-0.05, 0) is 19.8 Å². The predicted molar refractivity (Wildman–Crippen MR) is 125 cm³/mol. The third kappa shape index (κ3) is 45.9. The molecule has 30 heavy (non-hydrogen) atoms. The summed E-state index contributed by atoms with van der Waals surface area (Å²) in [6.45, 7) is 8.87. The summed E-state index contributed by atoms with van der Waals surface area (Å²) in [5.41, 5.74) is -0.324. The SMILES string of the molecule is C=CCCCCCCCCCCCCCCCC.CC(=N)C(=O)O.CCC(=O)O.[H-].[Na+]. The Balaban J connectivity index is -0.000000144. The van der Waals surface area contributed by atoms with Gasteiger partial charge in [0.15, 0.2) is 0 Å². The van der Waals surface area contributed by atoms with Crippen LogP contribution in [0, 0.1) is 5.41 Å². The van der Waals surface area contributed by atoms with Crippen molar-refractivity contribution in [1.82, 2.24) is 0 Å². The summed E-state index contributed by atoms with van der Waals surface area (Å²) in [5, 5.41) is 21.8. The third-order valence-corrected chi connectivity index (χ3v) is 4.39. The van der Waals surface area contributed by atoms with Crippen molar-refractivity contribution in [3.8, 4) is 0 Å². The van der Waals surface area contributed by atoms with E-state index in [1.165, 1.54) is 103 Å². The molecule has 5 nitrogen and oxygen atoms in total. The zero-order valence-electron chi connectivity index (χ0n) is 21.3. The number of carboxylic acids is 2. The van der Waals surface area contributed by atoms with Crippen molar-refractivity contribution in [3.63, 3.8) is 0 Å². The van der Waals surface area contributed by atoms with Crippen LogP contribution in [0.2, 0.25) is 0 Å². The molecule has 174 valence electrons. The van der Waals surface area contributed by atoms with Crippen LogP contribution in [0.25, 0.3) is 0 Å². The number of rotatable bonds is 17. The number of hydrogen-bond acceptors (Lipinski definition) is 3. The molecule has 0 heterocycles. The van der Waals surface area contributed by atoms with Crippen LogP contribution in [0.4, 0.5) is 0 Å². The van der Waals surface area contributed by atoms with Gasteiger partial charge in [0.25, 0.3) is 0 Å². The number of aliphatic carboxylic acids is 2. The molecule has 0 unspecified atom stereocenters. The molecule has 0 aromatic carbocycles. The number of unbranched alkanes of at least 4 members (excludes halogenated alkanes) is 14. The topological polar surface area (TPSA) is 98.5 Å². The average molecular weight is 438 g/mol. The van der Waals surface area contributed by atoms with E-state index in [2.05, 4.69) is 13.5 Å². The van der Waals surface area contributed by atoms with E-state index in [-0.39, 0.29) is 43.1 Å². The van der Waals surface area contributed by atoms with Gasteiger partial charge in [-0.1, -0.05) is 103 Å².